The van der Waals surface area contributed by atoms with E-state index in [9.17, 15) is 5.11 Å². The molecule has 2 N–H and O–H groups in total. The number of rotatable bonds is 3. The van der Waals surface area contributed by atoms with Crippen LogP contribution in [0.5, 0.6) is 11.5 Å². The molecule has 0 unspecified atom stereocenters. The molecule has 0 radical (unpaired) electrons. The molecule has 4 heteroatoms. The minimum Gasteiger partial charge on any atom is -0.507 e. The van der Waals surface area contributed by atoms with Crippen LogP contribution in [0.15, 0.2) is 6.07 Å². The van der Waals surface area contributed by atoms with Crippen molar-refractivity contribution in [3.63, 3.8) is 0 Å². The van der Waals surface area contributed by atoms with E-state index in [1.54, 1.807) is 7.11 Å². The number of ether oxygens (including phenoxy) is 1. The summed E-state index contributed by atoms with van der Waals surface area (Å²) in [5.41, 5.74) is 3.37. The van der Waals surface area contributed by atoms with Gasteiger partial charge in [0.1, 0.15) is 11.5 Å². The van der Waals surface area contributed by atoms with Crippen molar-refractivity contribution in [2.45, 2.75) is 32.2 Å². The van der Waals surface area contributed by atoms with Crippen LogP contribution in [0, 0.1) is 0 Å². The molecule has 20 heavy (non-hydrogen) atoms. The maximum Gasteiger partial charge on any atom is 0.123 e. The molecule has 3 rings (SSSR count). The van der Waals surface area contributed by atoms with Gasteiger partial charge >= 0.3 is 0 Å². The summed E-state index contributed by atoms with van der Waals surface area (Å²) in [5, 5.41) is 13.9. The molecule has 2 aliphatic rings. The van der Waals surface area contributed by atoms with Crippen molar-refractivity contribution < 1.29 is 9.84 Å². The minimum absolute atomic E-state index is 0.513. The highest BCUT2D eigenvalue weighted by molar-refractivity contribution is 5.54. The summed E-state index contributed by atoms with van der Waals surface area (Å²) < 4.78 is 5.56. The van der Waals surface area contributed by atoms with Gasteiger partial charge in [0.2, 0.25) is 0 Å². The minimum atomic E-state index is 0.513. The van der Waals surface area contributed by atoms with Crippen molar-refractivity contribution in [3.8, 4) is 11.5 Å². The maximum absolute atomic E-state index is 10.6. The van der Waals surface area contributed by atoms with Gasteiger partial charge in [-0.15, -0.1) is 0 Å². The van der Waals surface area contributed by atoms with E-state index in [1.807, 2.05) is 6.07 Å². The van der Waals surface area contributed by atoms with Gasteiger partial charge in [0.05, 0.1) is 7.11 Å². The fourth-order valence-electron chi connectivity index (χ4n) is 3.36. The second-order valence-corrected chi connectivity index (χ2v) is 5.78. The van der Waals surface area contributed by atoms with Crippen LogP contribution in [0.3, 0.4) is 0 Å². The molecule has 0 atom stereocenters. The van der Waals surface area contributed by atoms with E-state index >= 15 is 0 Å². The van der Waals surface area contributed by atoms with E-state index in [0.717, 1.165) is 62.4 Å². The molecule has 4 nitrogen and oxygen atoms in total. The Kier molecular flexibility index (Phi) is 4.13. The number of phenolic OH excluding ortho intramolecular Hbond substituents is 1. The van der Waals surface area contributed by atoms with E-state index in [4.69, 9.17) is 4.74 Å². The number of phenols is 1. The standard InChI is InChI=1S/C16H24N2O2/c1-20-15-10-12(11-18-8-6-17-7-9-18)16(19)14-5-3-2-4-13(14)15/h10,17,19H,2-9,11H2,1H3. The van der Waals surface area contributed by atoms with Gasteiger partial charge in [-0.25, -0.2) is 0 Å². The Hall–Kier alpha value is -1.26. The first-order valence-corrected chi connectivity index (χ1v) is 7.63. The van der Waals surface area contributed by atoms with E-state index in [1.165, 1.54) is 18.4 Å². The Labute approximate surface area is 120 Å². The van der Waals surface area contributed by atoms with Crippen molar-refractivity contribution in [1.29, 1.82) is 0 Å². The van der Waals surface area contributed by atoms with E-state index in [0.29, 0.717) is 5.75 Å². The number of piperazine rings is 1. The van der Waals surface area contributed by atoms with Gasteiger partial charge in [-0.3, -0.25) is 4.90 Å². The fourth-order valence-corrected chi connectivity index (χ4v) is 3.36. The Morgan fingerprint density at radius 3 is 2.60 bits per heavy atom. The largest absolute Gasteiger partial charge is 0.507 e. The van der Waals surface area contributed by atoms with Gasteiger partial charge < -0.3 is 15.2 Å². The number of benzene rings is 1. The lowest BCUT2D eigenvalue weighted by Crippen LogP contribution is -2.42. The fraction of sp³-hybridized carbons (Fsp3) is 0.625. The van der Waals surface area contributed by atoms with Gasteiger partial charge in [-0.05, 0) is 31.7 Å². The summed E-state index contributed by atoms with van der Waals surface area (Å²) in [4.78, 5) is 2.39. The molecule has 1 aromatic carbocycles. The molecule has 1 aliphatic heterocycles. The van der Waals surface area contributed by atoms with Crippen LogP contribution in [-0.4, -0.2) is 43.3 Å². The SMILES string of the molecule is COc1cc(CN2CCNCC2)c(O)c2c1CCCC2. The molecular weight excluding hydrogens is 252 g/mol. The first-order valence-electron chi connectivity index (χ1n) is 7.63. The van der Waals surface area contributed by atoms with E-state index in [-0.39, 0.29) is 0 Å². The van der Waals surface area contributed by atoms with Crippen molar-refractivity contribution >= 4 is 0 Å². The summed E-state index contributed by atoms with van der Waals surface area (Å²) in [7, 11) is 1.73. The molecule has 0 bridgehead atoms. The van der Waals surface area contributed by atoms with Gasteiger partial charge in [-0.2, -0.15) is 0 Å². The molecule has 0 saturated carbocycles. The van der Waals surface area contributed by atoms with E-state index in [2.05, 4.69) is 10.2 Å². The van der Waals surface area contributed by atoms with Crippen LogP contribution in [0.2, 0.25) is 0 Å². The Morgan fingerprint density at radius 2 is 1.90 bits per heavy atom. The summed E-state index contributed by atoms with van der Waals surface area (Å²) in [6.07, 6.45) is 4.37. The van der Waals surface area contributed by atoms with Gasteiger partial charge in [-0.1, -0.05) is 0 Å². The second kappa shape index (κ2) is 6.02. The molecule has 0 amide bonds. The third kappa shape index (κ3) is 2.63. The first kappa shape index (κ1) is 13.7. The predicted molar refractivity (Wildman–Crippen MR) is 79.4 cm³/mol. The van der Waals surface area contributed by atoms with Gasteiger partial charge in [0.25, 0.3) is 0 Å². The molecule has 1 fully saturated rings. The van der Waals surface area contributed by atoms with Crippen molar-refractivity contribution in [2.75, 3.05) is 33.3 Å². The summed E-state index contributed by atoms with van der Waals surface area (Å²) >= 11 is 0. The smallest absolute Gasteiger partial charge is 0.123 e. The Balaban J connectivity index is 1.89. The average molecular weight is 276 g/mol. The lowest BCUT2D eigenvalue weighted by atomic mass is 9.88. The number of hydrogen-bond donors (Lipinski definition) is 2. The highest BCUT2D eigenvalue weighted by atomic mass is 16.5. The third-order valence-electron chi connectivity index (χ3n) is 4.48. The molecule has 0 aromatic heterocycles. The van der Waals surface area contributed by atoms with E-state index < -0.39 is 0 Å². The Morgan fingerprint density at radius 1 is 1.20 bits per heavy atom. The predicted octanol–water partition coefficient (Wildman–Crippen LogP) is 1.68. The van der Waals surface area contributed by atoms with Crippen LogP contribution in [0.4, 0.5) is 0 Å². The number of nitrogens with zero attached hydrogens (tertiary/aromatic N) is 1. The molecule has 1 saturated heterocycles. The zero-order valence-corrected chi connectivity index (χ0v) is 12.2. The normalized spacial score (nSPS) is 19.6. The van der Waals surface area contributed by atoms with Crippen molar-refractivity contribution in [3.05, 3.63) is 22.8 Å². The summed E-state index contributed by atoms with van der Waals surface area (Å²) in [6.45, 7) is 4.96. The van der Waals surface area contributed by atoms with Crippen LogP contribution in [0.25, 0.3) is 0 Å². The van der Waals surface area contributed by atoms with Crippen LogP contribution < -0.4 is 10.1 Å². The first-order chi connectivity index (χ1) is 9.79. The van der Waals surface area contributed by atoms with Crippen molar-refractivity contribution in [2.24, 2.45) is 0 Å². The Bertz CT molecular complexity index is 482. The van der Waals surface area contributed by atoms with Crippen LogP contribution >= 0.6 is 0 Å². The molecule has 1 aromatic rings. The third-order valence-corrected chi connectivity index (χ3v) is 4.48. The number of fused-ring (bicyclic) bond motifs is 1. The van der Waals surface area contributed by atoms with Gasteiger partial charge in [0.15, 0.2) is 0 Å². The van der Waals surface area contributed by atoms with Gasteiger partial charge in [0, 0.05) is 49.4 Å². The molecule has 1 heterocycles. The number of methoxy groups -OCH3 is 1. The summed E-state index contributed by atoms with van der Waals surface area (Å²) in [5.74, 6) is 1.47. The quantitative estimate of drug-likeness (QED) is 0.882. The molecule has 1 aliphatic carbocycles. The molecule has 0 spiro atoms. The van der Waals surface area contributed by atoms with Crippen molar-refractivity contribution in [1.82, 2.24) is 10.2 Å². The topological polar surface area (TPSA) is 44.7 Å². The molecular formula is C16H24N2O2. The lowest BCUT2D eigenvalue weighted by Gasteiger charge is -2.29. The maximum atomic E-state index is 10.6. The number of nitrogens with one attached hydrogen (secondary N) is 1. The average Bonchev–Trinajstić information content (AvgIpc) is 2.51. The number of hydrogen-bond acceptors (Lipinski definition) is 4. The lowest BCUT2D eigenvalue weighted by molar-refractivity contribution is 0.230. The summed E-state index contributed by atoms with van der Waals surface area (Å²) in [6, 6.07) is 2.04. The zero-order chi connectivity index (χ0) is 13.9. The second-order valence-electron chi connectivity index (χ2n) is 5.78. The van der Waals surface area contributed by atoms with Crippen LogP contribution in [0.1, 0.15) is 29.5 Å². The number of aromatic hydroxyl groups is 1. The zero-order valence-electron chi connectivity index (χ0n) is 12.2. The highest BCUT2D eigenvalue weighted by Crippen LogP contribution is 2.38. The molecule has 110 valence electrons. The highest BCUT2D eigenvalue weighted by Gasteiger charge is 2.22. The van der Waals surface area contributed by atoms with Crippen LogP contribution in [-0.2, 0) is 19.4 Å². The monoisotopic (exact) mass is 276 g/mol.